The number of benzene rings is 1. The van der Waals surface area contributed by atoms with Crippen LogP contribution in [0, 0.1) is 5.92 Å². The number of hydrogen-bond acceptors (Lipinski definition) is 11. The van der Waals surface area contributed by atoms with Crippen LogP contribution in [0.15, 0.2) is 24.3 Å². The van der Waals surface area contributed by atoms with Gasteiger partial charge in [0, 0.05) is 25.9 Å². The molecule has 0 spiro atoms. The molecule has 1 aliphatic rings. The summed E-state index contributed by atoms with van der Waals surface area (Å²) in [5.74, 6) is -6.85. The molecule has 58 heavy (non-hydrogen) atoms. The minimum atomic E-state index is -1.67. The monoisotopic (exact) mass is 818 g/mol. The fraction of sp³-hybridized carbons (Fsp3) is 0.641. The highest BCUT2D eigenvalue weighted by Crippen LogP contribution is 2.13. The summed E-state index contributed by atoms with van der Waals surface area (Å²) < 4.78 is 0. The van der Waals surface area contributed by atoms with E-state index in [4.69, 9.17) is 5.73 Å². The summed E-state index contributed by atoms with van der Waals surface area (Å²) in [7, 11) is 0. The van der Waals surface area contributed by atoms with Crippen LogP contribution in [0.2, 0.25) is 0 Å². The molecular formula is C39H62N8O11. The summed E-state index contributed by atoms with van der Waals surface area (Å²) in [6.45, 7) is 6.52. The molecule has 1 saturated heterocycles. The van der Waals surface area contributed by atoms with Crippen molar-refractivity contribution in [2.45, 2.75) is 141 Å². The Morgan fingerprint density at radius 1 is 0.845 bits per heavy atom. The SMILES string of the molecule is CCCCC[C@H](NC(=O)[C@@H](N)Cc1ccc(O)cc1)C(=O)N[C@H]1CCCCNC(=O)CCNC(=O)CC[C@@H](C(=O)N[C@H](C(=O)O)C(C)C)NC(=O)[C@H](C(C)O)NC1=O. The number of carbonyl (C=O) groups is 8. The van der Waals surface area contributed by atoms with Gasteiger partial charge in [0.2, 0.25) is 41.4 Å². The first-order valence-electron chi connectivity index (χ1n) is 19.9. The van der Waals surface area contributed by atoms with Crippen molar-refractivity contribution >= 4 is 47.3 Å². The van der Waals surface area contributed by atoms with E-state index in [9.17, 15) is 53.7 Å². The van der Waals surface area contributed by atoms with Crippen molar-refractivity contribution in [1.82, 2.24) is 37.2 Å². The van der Waals surface area contributed by atoms with E-state index < -0.39 is 89.7 Å². The largest absolute Gasteiger partial charge is 0.508 e. The molecule has 1 aliphatic heterocycles. The van der Waals surface area contributed by atoms with Gasteiger partial charge in [0.05, 0.1) is 12.1 Å². The summed E-state index contributed by atoms with van der Waals surface area (Å²) in [5.41, 5.74) is 6.87. The number of nitrogens with one attached hydrogen (secondary N) is 7. The first kappa shape index (κ1) is 48.8. The van der Waals surface area contributed by atoms with Gasteiger partial charge in [-0.1, -0.05) is 52.2 Å². The lowest BCUT2D eigenvalue weighted by Gasteiger charge is -2.28. The van der Waals surface area contributed by atoms with E-state index in [2.05, 4.69) is 37.2 Å². The van der Waals surface area contributed by atoms with Crippen LogP contribution in [0.25, 0.3) is 0 Å². The second-order valence-corrected chi connectivity index (χ2v) is 14.9. The quantitative estimate of drug-likeness (QED) is 0.0948. The number of phenolic OH excluding ortho intramolecular Hbond substituents is 1. The van der Waals surface area contributed by atoms with Crippen LogP contribution >= 0.6 is 0 Å². The highest BCUT2D eigenvalue weighted by atomic mass is 16.4. The van der Waals surface area contributed by atoms with E-state index in [0.717, 1.165) is 12.8 Å². The molecule has 2 rings (SSSR count). The molecule has 0 bridgehead atoms. The van der Waals surface area contributed by atoms with Gasteiger partial charge in [-0.2, -0.15) is 0 Å². The predicted octanol–water partition coefficient (Wildman–Crippen LogP) is -1.03. The van der Waals surface area contributed by atoms with Crippen LogP contribution in [-0.4, -0.2) is 118 Å². The number of amides is 7. The summed E-state index contributed by atoms with van der Waals surface area (Å²) in [4.78, 5) is 105. The molecule has 1 aromatic rings. The maximum Gasteiger partial charge on any atom is 0.326 e. The number of phenols is 1. The first-order valence-corrected chi connectivity index (χ1v) is 19.9. The second-order valence-electron chi connectivity index (χ2n) is 14.9. The molecule has 1 fully saturated rings. The van der Waals surface area contributed by atoms with Gasteiger partial charge in [-0.05, 0) is 69.1 Å². The van der Waals surface area contributed by atoms with E-state index in [-0.39, 0.29) is 63.3 Å². The van der Waals surface area contributed by atoms with E-state index in [1.165, 1.54) is 19.1 Å². The average molecular weight is 819 g/mol. The number of nitrogens with two attached hydrogens (primary N) is 1. The van der Waals surface area contributed by atoms with Crippen LogP contribution in [0.5, 0.6) is 5.75 Å². The Bertz CT molecular complexity index is 1560. The molecule has 7 atom stereocenters. The third-order valence-electron chi connectivity index (χ3n) is 9.59. The van der Waals surface area contributed by atoms with Gasteiger partial charge in [0.15, 0.2) is 0 Å². The Morgan fingerprint density at radius 2 is 1.50 bits per heavy atom. The standard InChI is InChI=1S/C39H62N8O11/c1-5-6-7-10-27(43-34(52)26(40)21-24-12-14-25(49)15-13-24)35(53)44-28-11-8-9-19-41-31(51)18-20-42-30(50)17-16-29(37(55)46-32(22(2)3)39(57)58)45-38(56)33(23(4)48)47-36(28)54/h12-15,22-23,26-29,32-33,48-49H,5-11,16-21,40H2,1-4H3,(H,41,51)(H,42,50)(H,43,52)(H,44,53)(H,45,56)(H,46,55)(H,47,54)(H,57,58)/t23?,26-,27-,28-,29-,32-,33-/m0/s1. The fourth-order valence-electron chi connectivity index (χ4n) is 6.09. The average Bonchev–Trinajstić information content (AvgIpc) is 3.16. The number of carboxylic acids is 1. The Balaban J connectivity index is 2.38. The zero-order valence-corrected chi connectivity index (χ0v) is 33.8. The van der Waals surface area contributed by atoms with Gasteiger partial charge < -0.3 is 58.3 Å². The number of carboxylic acid groups (broad SMARTS) is 1. The molecule has 0 aliphatic carbocycles. The molecule has 19 nitrogen and oxygen atoms in total. The molecular weight excluding hydrogens is 756 g/mol. The Morgan fingerprint density at radius 3 is 2.12 bits per heavy atom. The van der Waals surface area contributed by atoms with Gasteiger partial charge in [0.1, 0.15) is 36.0 Å². The van der Waals surface area contributed by atoms with Crippen molar-refractivity contribution in [3.05, 3.63) is 29.8 Å². The zero-order valence-electron chi connectivity index (χ0n) is 33.8. The first-order chi connectivity index (χ1) is 27.4. The lowest BCUT2D eigenvalue weighted by molar-refractivity contribution is -0.144. The molecule has 0 radical (unpaired) electrons. The number of carbonyl (C=O) groups excluding carboxylic acids is 7. The number of unbranched alkanes of at least 4 members (excludes halogenated alkanes) is 2. The number of aliphatic hydroxyl groups is 1. The van der Waals surface area contributed by atoms with Crippen LogP contribution in [0.1, 0.15) is 97.5 Å². The van der Waals surface area contributed by atoms with Crippen LogP contribution in [-0.2, 0) is 44.8 Å². The number of hydrogen-bond donors (Lipinski definition) is 11. The molecule has 12 N–H and O–H groups in total. The third kappa shape index (κ3) is 17.5. The summed E-state index contributed by atoms with van der Waals surface area (Å²) in [6, 6.07) is -1.76. The van der Waals surface area contributed by atoms with Crippen molar-refractivity contribution in [3.8, 4) is 5.75 Å². The third-order valence-corrected chi connectivity index (χ3v) is 9.59. The lowest BCUT2D eigenvalue weighted by atomic mass is 10.0. The Labute approximate surface area is 338 Å². The highest BCUT2D eigenvalue weighted by molar-refractivity contribution is 5.96. The molecule has 1 heterocycles. The van der Waals surface area contributed by atoms with Crippen LogP contribution in [0.3, 0.4) is 0 Å². The topological polar surface area (TPSA) is 307 Å². The van der Waals surface area contributed by atoms with Crippen molar-refractivity contribution < 1.29 is 53.7 Å². The van der Waals surface area contributed by atoms with E-state index in [0.29, 0.717) is 24.8 Å². The van der Waals surface area contributed by atoms with Gasteiger partial charge >= 0.3 is 5.97 Å². The molecule has 324 valence electrons. The van der Waals surface area contributed by atoms with Gasteiger partial charge in [0.25, 0.3) is 0 Å². The van der Waals surface area contributed by atoms with E-state index in [1.54, 1.807) is 26.0 Å². The van der Waals surface area contributed by atoms with E-state index in [1.807, 2.05) is 6.92 Å². The predicted molar refractivity (Wildman–Crippen MR) is 211 cm³/mol. The van der Waals surface area contributed by atoms with Gasteiger partial charge in [-0.25, -0.2) is 4.79 Å². The van der Waals surface area contributed by atoms with E-state index >= 15 is 0 Å². The van der Waals surface area contributed by atoms with Gasteiger partial charge in [-0.15, -0.1) is 0 Å². The molecule has 0 saturated carbocycles. The minimum Gasteiger partial charge on any atom is -0.508 e. The number of aliphatic hydroxyl groups excluding tert-OH is 1. The smallest absolute Gasteiger partial charge is 0.326 e. The molecule has 0 aromatic heterocycles. The van der Waals surface area contributed by atoms with Crippen LogP contribution < -0.4 is 43.0 Å². The minimum absolute atomic E-state index is 0.0172. The fourth-order valence-corrected chi connectivity index (χ4v) is 6.09. The Hall–Kier alpha value is -5.30. The summed E-state index contributed by atoms with van der Waals surface area (Å²) in [5, 5.41) is 47.8. The van der Waals surface area contributed by atoms with Crippen molar-refractivity contribution in [3.63, 3.8) is 0 Å². The lowest BCUT2D eigenvalue weighted by Crippen LogP contribution is -2.61. The molecule has 19 heteroatoms. The van der Waals surface area contributed by atoms with Crippen molar-refractivity contribution in [2.75, 3.05) is 13.1 Å². The normalized spacial score (nSPS) is 21.2. The summed E-state index contributed by atoms with van der Waals surface area (Å²) in [6.07, 6.45) is 0.964. The van der Waals surface area contributed by atoms with Crippen molar-refractivity contribution in [1.29, 1.82) is 0 Å². The summed E-state index contributed by atoms with van der Waals surface area (Å²) >= 11 is 0. The number of aliphatic carboxylic acids is 1. The maximum atomic E-state index is 13.9. The maximum absolute atomic E-state index is 13.9. The van der Waals surface area contributed by atoms with Crippen molar-refractivity contribution in [2.24, 2.45) is 11.7 Å². The molecule has 1 aromatic carbocycles. The second kappa shape index (κ2) is 25.1. The zero-order chi connectivity index (χ0) is 43.4. The molecule has 1 unspecified atom stereocenters. The molecule has 7 amide bonds. The van der Waals surface area contributed by atoms with Crippen LogP contribution in [0.4, 0.5) is 0 Å². The Kier molecular flexibility index (Phi) is 21.2. The number of rotatable bonds is 15. The highest BCUT2D eigenvalue weighted by Gasteiger charge is 2.35. The number of aromatic hydroxyl groups is 1. The van der Waals surface area contributed by atoms with Gasteiger partial charge in [-0.3, -0.25) is 33.6 Å².